The van der Waals surface area contributed by atoms with E-state index in [1.807, 2.05) is 18.2 Å². The molecule has 0 amide bonds. The maximum absolute atomic E-state index is 10.4. The lowest BCUT2D eigenvalue weighted by molar-refractivity contribution is -0.120. The van der Waals surface area contributed by atoms with Gasteiger partial charge < -0.3 is 4.74 Å². The molecule has 1 aromatic carbocycles. The van der Waals surface area contributed by atoms with E-state index in [1.165, 1.54) is 11.5 Å². The Morgan fingerprint density at radius 3 is 3.00 bits per heavy atom. The van der Waals surface area contributed by atoms with Gasteiger partial charge in [-0.25, -0.2) is 0 Å². The van der Waals surface area contributed by atoms with Crippen molar-refractivity contribution in [3.05, 3.63) is 30.0 Å². The average molecular weight is 299 g/mol. The minimum atomic E-state index is 0.418. The molecule has 0 unspecified atom stereocenters. The summed E-state index contributed by atoms with van der Waals surface area (Å²) in [6.45, 7) is 0.418. The average Bonchev–Trinajstić information content (AvgIpc) is 2.78. The van der Waals surface area contributed by atoms with Crippen molar-refractivity contribution in [2.45, 2.75) is 5.33 Å². The first-order valence-electron chi connectivity index (χ1n) is 4.43. The molecule has 4 nitrogen and oxygen atoms in total. The second-order valence-electron chi connectivity index (χ2n) is 2.89. The maximum atomic E-state index is 10.4. The molecule has 0 aliphatic rings. The molecule has 0 radical (unpaired) electrons. The minimum Gasteiger partial charge on any atom is -0.428 e. The standard InChI is InChI=1S/C10H7BrN2O2S/c11-5-8-10(16-13-12-8)7-3-1-2-4-9(7)15-6-14/h1-4,6H,5H2. The van der Waals surface area contributed by atoms with Gasteiger partial charge in [0.2, 0.25) is 0 Å². The van der Waals surface area contributed by atoms with Crippen molar-refractivity contribution in [3.8, 4) is 16.2 Å². The molecule has 2 aromatic rings. The van der Waals surface area contributed by atoms with Crippen molar-refractivity contribution in [2.75, 3.05) is 0 Å². The number of rotatable bonds is 4. The molecule has 1 heterocycles. The fourth-order valence-electron chi connectivity index (χ4n) is 1.31. The van der Waals surface area contributed by atoms with E-state index in [2.05, 4.69) is 25.5 Å². The topological polar surface area (TPSA) is 52.1 Å². The van der Waals surface area contributed by atoms with E-state index in [9.17, 15) is 4.79 Å². The van der Waals surface area contributed by atoms with Gasteiger partial charge in [-0.2, -0.15) is 0 Å². The first-order chi connectivity index (χ1) is 7.86. The Morgan fingerprint density at radius 2 is 2.25 bits per heavy atom. The molecular weight excluding hydrogens is 292 g/mol. The summed E-state index contributed by atoms with van der Waals surface area (Å²) in [6.07, 6.45) is 0. The largest absolute Gasteiger partial charge is 0.428 e. The summed E-state index contributed by atoms with van der Waals surface area (Å²) in [7, 11) is 0. The fourth-order valence-corrected chi connectivity index (χ4v) is 2.59. The Morgan fingerprint density at radius 1 is 1.44 bits per heavy atom. The van der Waals surface area contributed by atoms with E-state index in [4.69, 9.17) is 4.74 Å². The van der Waals surface area contributed by atoms with Gasteiger partial charge in [0.1, 0.15) is 5.75 Å². The molecule has 0 N–H and O–H groups in total. The van der Waals surface area contributed by atoms with Crippen LogP contribution < -0.4 is 4.74 Å². The number of alkyl halides is 1. The number of carbonyl (C=O) groups is 1. The van der Waals surface area contributed by atoms with Crippen LogP contribution in [0.1, 0.15) is 5.69 Å². The van der Waals surface area contributed by atoms with Crippen LogP contribution in [0.3, 0.4) is 0 Å². The highest BCUT2D eigenvalue weighted by Gasteiger charge is 2.13. The summed E-state index contributed by atoms with van der Waals surface area (Å²) >= 11 is 4.62. The molecule has 0 bridgehead atoms. The molecule has 0 aliphatic carbocycles. The predicted molar refractivity (Wildman–Crippen MR) is 64.7 cm³/mol. The summed E-state index contributed by atoms with van der Waals surface area (Å²) < 4.78 is 8.80. The van der Waals surface area contributed by atoms with Gasteiger partial charge in [0.15, 0.2) is 0 Å². The molecular formula is C10H7BrN2O2S. The van der Waals surface area contributed by atoms with Crippen LogP contribution >= 0.6 is 27.5 Å². The van der Waals surface area contributed by atoms with Crippen LogP contribution in [0.15, 0.2) is 24.3 Å². The third-order valence-electron chi connectivity index (χ3n) is 1.99. The summed E-state index contributed by atoms with van der Waals surface area (Å²) in [6, 6.07) is 7.30. The first-order valence-corrected chi connectivity index (χ1v) is 6.33. The molecule has 0 fully saturated rings. The van der Waals surface area contributed by atoms with E-state index >= 15 is 0 Å². The third-order valence-corrected chi connectivity index (χ3v) is 3.32. The van der Waals surface area contributed by atoms with Crippen molar-refractivity contribution >= 4 is 33.9 Å². The number of nitrogens with zero attached hydrogens (tertiary/aromatic N) is 2. The van der Waals surface area contributed by atoms with Gasteiger partial charge in [-0.3, -0.25) is 4.79 Å². The second-order valence-corrected chi connectivity index (χ2v) is 4.21. The number of benzene rings is 1. The second kappa shape index (κ2) is 5.18. The van der Waals surface area contributed by atoms with Crippen LogP contribution in [-0.2, 0) is 10.1 Å². The highest BCUT2D eigenvalue weighted by Crippen LogP contribution is 2.34. The molecule has 82 valence electrons. The summed E-state index contributed by atoms with van der Waals surface area (Å²) in [4.78, 5) is 11.3. The van der Waals surface area contributed by atoms with Gasteiger partial charge >= 0.3 is 0 Å². The van der Waals surface area contributed by atoms with E-state index in [1.54, 1.807) is 6.07 Å². The van der Waals surface area contributed by atoms with Crippen LogP contribution in [0.4, 0.5) is 0 Å². The van der Waals surface area contributed by atoms with Gasteiger partial charge in [0.05, 0.1) is 10.6 Å². The van der Waals surface area contributed by atoms with Gasteiger partial charge in [-0.1, -0.05) is 32.6 Å². The molecule has 0 aliphatic heterocycles. The SMILES string of the molecule is O=COc1ccccc1-c1snnc1CBr. The lowest BCUT2D eigenvalue weighted by Gasteiger charge is -2.04. The Hall–Kier alpha value is -1.27. The van der Waals surface area contributed by atoms with E-state index < -0.39 is 0 Å². The molecule has 0 saturated carbocycles. The van der Waals surface area contributed by atoms with Crippen molar-refractivity contribution < 1.29 is 9.53 Å². The zero-order chi connectivity index (χ0) is 11.4. The molecule has 0 saturated heterocycles. The molecule has 16 heavy (non-hydrogen) atoms. The summed E-state index contributed by atoms with van der Waals surface area (Å²) in [5, 5.41) is 4.61. The Labute approximate surface area is 105 Å². The number of aromatic nitrogens is 2. The molecule has 0 atom stereocenters. The summed E-state index contributed by atoms with van der Waals surface area (Å²) in [5.41, 5.74) is 1.67. The van der Waals surface area contributed by atoms with Crippen molar-refractivity contribution in [3.63, 3.8) is 0 Å². The third kappa shape index (κ3) is 2.12. The van der Waals surface area contributed by atoms with E-state index in [-0.39, 0.29) is 0 Å². The monoisotopic (exact) mass is 298 g/mol. The van der Waals surface area contributed by atoms with Crippen LogP contribution in [0.5, 0.6) is 5.75 Å². The number of hydrogen-bond acceptors (Lipinski definition) is 5. The normalized spacial score (nSPS) is 10.1. The fraction of sp³-hybridized carbons (Fsp3) is 0.100. The Balaban J connectivity index is 2.50. The quantitative estimate of drug-likeness (QED) is 0.643. The molecule has 6 heteroatoms. The zero-order valence-electron chi connectivity index (χ0n) is 8.09. The summed E-state index contributed by atoms with van der Waals surface area (Å²) in [5.74, 6) is 0.519. The number of ether oxygens (including phenoxy) is 1. The van der Waals surface area contributed by atoms with Crippen LogP contribution in [0.2, 0.25) is 0 Å². The highest BCUT2D eigenvalue weighted by atomic mass is 79.9. The number of hydrogen-bond donors (Lipinski definition) is 0. The first kappa shape index (κ1) is 11.2. The molecule has 1 aromatic heterocycles. The van der Waals surface area contributed by atoms with Crippen molar-refractivity contribution in [2.24, 2.45) is 0 Å². The van der Waals surface area contributed by atoms with Gasteiger partial charge in [0.25, 0.3) is 6.47 Å². The predicted octanol–water partition coefficient (Wildman–Crippen LogP) is 2.64. The lowest BCUT2D eigenvalue weighted by atomic mass is 10.1. The molecule has 0 spiro atoms. The van der Waals surface area contributed by atoms with Gasteiger partial charge in [-0.15, -0.1) is 5.10 Å². The number of halogens is 1. The van der Waals surface area contributed by atoms with Crippen LogP contribution in [-0.4, -0.2) is 16.1 Å². The van der Waals surface area contributed by atoms with Crippen LogP contribution in [0, 0.1) is 0 Å². The van der Waals surface area contributed by atoms with E-state index in [0.29, 0.717) is 17.6 Å². The lowest BCUT2D eigenvalue weighted by Crippen LogP contribution is -1.91. The van der Waals surface area contributed by atoms with Gasteiger partial charge in [0, 0.05) is 10.9 Å². The minimum absolute atomic E-state index is 0.418. The Bertz CT molecular complexity index is 501. The maximum Gasteiger partial charge on any atom is 0.298 e. The number of para-hydroxylation sites is 1. The van der Waals surface area contributed by atoms with Crippen molar-refractivity contribution in [1.82, 2.24) is 9.59 Å². The van der Waals surface area contributed by atoms with Crippen LogP contribution in [0.25, 0.3) is 10.4 Å². The zero-order valence-corrected chi connectivity index (χ0v) is 10.5. The highest BCUT2D eigenvalue weighted by molar-refractivity contribution is 9.08. The molecule has 2 rings (SSSR count). The van der Waals surface area contributed by atoms with Gasteiger partial charge in [-0.05, 0) is 23.7 Å². The van der Waals surface area contributed by atoms with E-state index in [0.717, 1.165) is 16.1 Å². The Kier molecular flexibility index (Phi) is 3.63. The smallest absolute Gasteiger partial charge is 0.298 e. The van der Waals surface area contributed by atoms with Crippen molar-refractivity contribution in [1.29, 1.82) is 0 Å². The number of carbonyl (C=O) groups excluding carboxylic acids is 1.